The predicted octanol–water partition coefficient (Wildman–Crippen LogP) is 3.04. The van der Waals surface area contributed by atoms with E-state index in [1.165, 1.54) is 6.92 Å². The SMILES string of the molecule is CCCCCC=C(C)C(=O)ON(F)F. The van der Waals surface area contributed by atoms with Crippen molar-refractivity contribution in [3.8, 4) is 0 Å². The summed E-state index contributed by atoms with van der Waals surface area (Å²) in [5.74, 6) is -1.01. The van der Waals surface area contributed by atoms with Gasteiger partial charge in [0.1, 0.15) is 0 Å². The molecule has 0 amide bonds. The first-order valence-electron chi connectivity index (χ1n) is 4.58. The Kier molecular flexibility index (Phi) is 6.92. The summed E-state index contributed by atoms with van der Waals surface area (Å²) in [6.07, 6.45) is 5.43. The maximum absolute atomic E-state index is 11.5. The highest BCUT2D eigenvalue weighted by Gasteiger charge is 2.10. The van der Waals surface area contributed by atoms with E-state index in [0.29, 0.717) is 6.42 Å². The number of carbonyl (C=O) groups is 1. The van der Waals surface area contributed by atoms with Gasteiger partial charge in [-0.05, 0) is 19.8 Å². The molecule has 0 fully saturated rings. The maximum Gasteiger partial charge on any atom is 0.358 e. The van der Waals surface area contributed by atoms with E-state index in [2.05, 4.69) is 11.8 Å². The van der Waals surface area contributed by atoms with Crippen LogP contribution in [0.1, 0.15) is 39.5 Å². The molecule has 0 aromatic heterocycles. The lowest BCUT2D eigenvalue weighted by Crippen LogP contribution is -2.12. The van der Waals surface area contributed by atoms with Gasteiger partial charge in [0.25, 0.3) is 0 Å². The molecule has 0 atom stereocenters. The van der Waals surface area contributed by atoms with Crippen LogP contribution in [0.5, 0.6) is 0 Å². The molecule has 0 bridgehead atoms. The summed E-state index contributed by atoms with van der Waals surface area (Å²) in [6.45, 7) is 3.52. The third kappa shape index (κ3) is 6.54. The monoisotopic (exact) mass is 207 g/mol. The Bertz CT molecular complexity index is 205. The van der Waals surface area contributed by atoms with Gasteiger partial charge in [-0.15, -0.1) is 0 Å². The van der Waals surface area contributed by atoms with Gasteiger partial charge in [-0.2, -0.15) is 0 Å². The summed E-state index contributed by atoms with van der Waals surface area (Å²) >= 11 is 0. The summed E-state index contributed by atoms with van der Waals surface area (Å²) in [5, 5.41) is 0. The van der Waals surface area contributed by atoms with E-state index in [-0.39, 0.29) is 5.57 Å². The number of unbranched alkanes of at least 4 members (excludes halogenated alkanes) is 3. The van der Waals surface area contributed by atoms with Crippen LogP contribution in [0.15, 0.2) is 11.6 Å². The molecule has 0 radical (unpaired) electrons. The van der Waals surface area contributed by atoms with E-state index >= 15 is 0 Å². The maximum atomic E-state index is 11.5. The first kappa shape index (κ1) is 13.0. The number of hydrogen-bond acceptors (Lipinski definition) is 3. The van der Waals surface area contributed by atoms with Crippen LogP contribution in [-0.4, -0.2) is 11.5 Å². The lowest BCUT2D eigenvalue weighted by Gasteiger charge is -2.01. The lowest BCUT2D eigenvalue weighted by atomic mass is 10.1. The molecule has 0 saturated heterocycles. The van der Waals surface area contributed by atoms with Gasteiger partial charge in [-0.3, -0.25) is 0 Å². The zero-order valence-electron chi connectivity index (χ0n) is 8.43. The minimum absolute atomic E-state index is 0.210. The van der Waals surface area contributed by atoms with Crippen molar-refractivity contribution in [1.82, 2.24) is 5.51 Å². The van der Waals surface area contributed by atoms with Gasteiger partial charge in [0.15, 0.2) is 0 Å². The second-order valence-electron chi connectivity index (χ2n) is 2.96. The van der Waals surface area contributed by atoms with Crippen LogP contribution < -0.4 is 0 Å². The summed E-state index contributed by atoms with van der Waals surface area (Å²) in [5.41, 5.74) is -1.38. The number of nitrogens with zero attached hydrogens (tertiary/aromatic N) is 1. The first-order valence-corrected chi connectivity index (χ1v) is 4.58. The van der Waals surface area contributed by atoms with E-state index in [4.69, 9.17) is 0 Å². The van der Waals surface area contributed by atoms with Crippen LogP contribution >= 0.6 is 0 Å². The highest BCUT2D eigenvalue weighted by molar-refractivity contribution is 5.87. The van der Waals surface area contributed by atoms with Gasteiger partial charge < -0.3 is 4.84 Å². The van der Waals surface area contributed by atoms with Gasteiger partial charge in [0, 0.05) is 5.57 Å². The van der Waals surface area contributed by atoms with E-state index in [1.807, 2.05) is 0 Å². The number of halogens is 2. The van der Waals surface area contributed by atoms with Gasteiger partial charge in [0.05, 0.1) is 0 Å². The van der Waals surface area contributed by atoms with E-state index in [0.717, 1.165) is 19.3 Å². The van der Waals surface area contributed by atoms with Crippen molar-refractivity contribution >= 4 is 5.97 Å². The average molecular weight is 207 g/mol. The van der Waals surface area contributed by atoms with Crippen LogP contribution in [-0.2, 0) is 9.63 Å². The molecule has 0 unspecified atom stereocenters. The van der Waals surface area contributed by atoms with Crippen molar-refractivity contribution in [3.63, 3.8) is 0 Å². The van der Waals surface area contributed by atoms with Crippen molar-refractivity contribution in [3.05, 3.63) is 11.6 Å². The summed E-state index contributed by atoms with van der Waals surface area (Å²) in [6, 6.07) is 0. The standard InChI is InChI=1S/C9H15F2NO2/c1-3-4-5-6-7-8(2)9(13)14-12(10)11/h7H,3-6H2,1-2H3. The van der Waals surface area contributed by atoms with E-state index in [9.17, 15) is 13.8 Å². The Morgan fingerprint density at radius 2 is 2.07 bits per heavy atom. The van der Waals surface area contributed by atoms with E-state index < -0.39 is 11.5 Å². The molecule has 0 rings (SSSR count). The van der Waals surface area contributed by atoms with Gasteiger partial charge in [-0.25, -0.2) is 4.79 Å². The third-order valence-corrected chi connectivity index (χ3v) is 1.73. The number of carbonyl (C=O) groups excluding carboxylic acids is 1. The van der Waals surface area contributed by atoms with Crippen LogP contribution in [0.2, 0.25) is 0 Å². The molecule has 82 valence electrons. The quantitative estimate of drug-likeness (QED) is 0.290. The average Bonchev–Trinajstić information content (AvgIpc) is 2.11. The Morgan fingerprint density at radius 1 is 1.43 bits per heavy atom. The minimum Gasteiger partial charge on any atom is -0.307 e. The van der Waals surface area contributed by atoms with Crippen LogP contribution in [0.3, 0.4) is 0 Å². The fourth-order valence-electron chi connectivity index (χ4n) is 0.931. The summed E-state index contributed by atoms with van der Waals surface area (Å²) in [4.78, 5) is 14.4. The Labute approximate surface area is 82.2 Å². The van der Waals surface area contributed by atoms with Crippen molar-refractivity contribution in [2.75, 3.05) is 0 Å². The highest BCUT2D eigenvalue weighted by Crippen LogP contribution is 2.06. The highest BCUT2D eigenvalue weighted by atomic mass is 19.4. The molecule has 0 spiro atoms. The Balaban J connectivity index is 3.79. The normalized spacial score (nSPS) is 11.9. The molecule has 0 heterocycles. The van der Waals surface area contributed by atoms with Crippen molar-refractivity contribution in [2.24, 2.45) is 0 Å². The van der Waals surface area contributed by atoms with Gasteiger partial charge in [0.2, 0.25) is 5.51 Å². The smallest absolute Gasteiger partial charge is 0.307 e. The van der Waals surface area contributed by atoms with Crippen LogP contribution in [0.25, 0.3) is 0 Å². The molecule has 0 aromatic rings. The lowest BCUT2D eigenvalue weighted by molar-refractivity contribution is -0.364. The number of rotatable bonds is 6. The molecule has 0 aromatic carbocycles. The topological polar surface area (TPSA) is 29.5 Å². The molecule has 5 heteroatoms. The van der Waals surface area contributed by atoms with Crippen molar-refractivity contribution in [2.45, 2.75) is 39.5 Å². The molecular formula is C9H15F2NO2. The molecule has 0 aliphatic rings. The summed E-state index contributed by atoms with van der Waals surface area (Å²) < 4.78 is 22.9. The van der Waals surface area contributed by atoms with Gasteiger partial charge >= 0.3 is 5.97 Å². The van der Waals surface area contributed by atoms with Crippen molar-refractivity contribution < 1.29 is 18.6 Å². The number of allylic oxidation sites excluding steroid dienone is 1. The van der Waals surface area contributed by atoms with Crippen molar-refractivity contribution in [1.29, 1.82) is 0 Å². The van der Waals surface area contributed by atoms with Crippen LogP contribution in [0.4, 0.5) is 8.96 Å². The number of hydrogen-bond donors (Lipinski definition) is 0. The largest absolute Gasteiger partial charge is 0.358 e. The summed E-state index contributed by atoms with van der Waals surface area (Å²) in [7, 11) is 0. The molecule has 0 N–H and O–H groups in total. The fraction of sp³-hybridized carbons (Fsp3) is 0.667. The minimum atomic E-state index is -1.59. The predicted molar refractivity (Wildman–Crippen MR) is 48.0 cm³/mol. The molecule has 0 aliphatic heterocycles. The molecular weight excluding hydrogens is 192 g/mol. The Hall–Kier alpha value is -0.970. The van der Waals surface area contributed by atoms with E-state index in [1.54, 1.807) is 6.08 Å². The first-order chi connectivity index (χ1) is 6.57. The Morgan fingerprint density at radius 3 is 2.57 bits per heavy atom. The second-order valence-corrected chi connectivity index (χ2v) is 2.96. The van der Waals surface area contributed by atoms with Crippen LogP contribution in [0, 0.1) is 0 Å². The van der Waals surface area contributed by atoms with Gasteiger partial charge in [-0.1, -0.05) is 34.8 Å². The molecule has 3 nitrogen and oxygen atoms in total. The molecule has 14 heavy (non-hydrogen) atoms. The molecule has 0 saturated carbocycles. The third-order valence-electron chi connectivity index (χ3n) is 1.73. The zero-order valence-corrected chi connectivity index (χ0v) is 8.43. The second kappa shape index (κ2) is 7.44. The fourth-order valence-corrected chi connectivity index (χ4v) is 0.931. The zero-order chi connectivity index (χ0) is 11.0. The molecule has 0 aliphatic carbocycles.